The van der Waals surface area contributed by atoms with Gasteiger partial charge in [0.2, 0.25) is 0 Å². The van der Waals surface area contributed by atoms with E-state index in [2.05, 4.69) is 29.4 Å². The Balaban J connectivity index is 1.24. The zero-order chi connectivity index (χ0) is 26.6. The van der Waals surface area contributed by atoms with E-state index < -0.39 is 0 Å². The Morgan fingerprint density at radius 3 is 2.53 bits per heavy atom. The molecule has 0 saturated heterocycles. The normalized spacial score (nSPS) is 17.3. The van der Waals surface area contributed by atoms with Gasteiger partial charge in [-0.3, -0.25) is 9.59 Å². The lowest BCUT2D eigenvalue weighted by Gasteiger charge is -2.26. The van der Waals surface area contributed by atoms with Gasteiger partial charge in [0.15, 0.2) is 23.1 Å². The molecule has 4 aromatic rings. The first-order chi connectivity index (χ1) is 18.4. The average molecular weight is 530 g/mol. The van der Waals surface area contributed by atoms with Crippen molar-refractivity contribution >= 4 is 33.0 Å². The number of fused-ring (bicyclic) bond motifs is 1. The number of aliphatic hydroxyl groups is 1. The second-order valence-electron chi connectivity index (χ2n) is 9.77. The molecule has 1 aliphatic carbocycles. The zero-order valence-electron chi connectivity index (χ0n) is 21.6. The summed E-state index contributed by atoms with van der Waals surface area (Å²) >= 11 is 1.68. The van der Waals surface area contributed by atoms with Crippen LogP contribution in [0.5, 0.6) is 11.5 Å². The molecule has 2 heterocycles. The van der Waals surface area contributed by atoms with E-state index in [1.54, 1.807) is 42.7 Å². The molecule has 0 radical (unpaired) electrons. The highest BCUT2D eigenvalue weighted by Gasteiger charge is 2.22. The van der Waals surface area contributed by atoms with Crippen molar-refractivity contribution in [3.05, 3.63) is 76.8 Å². The Hall–Kier alpha value is -3.55. The Kier molecular flexibility index (Phi) is 7.86. The van der Waals surface area contributed by atoms with Gasteiger partial charge < -0.3 is 14.6 Å². The summed E-state index contributed by atoms with van der Waals surface area (Å²) < 4.78 is 12.8. The number of Topliss-reactive ketones (excluding diaryl/α,β-unsaturated/α-hetero) is 2. The first-order valence-electron chi connectivity index (χ1n) is 13.0. The maximum absolute atomic E-state index is 13.0. The number of carbonyl (C=O) groups excluding carboxylic acids is 2. The second kappa shape index (κ2) is 11.5. The molecule has 0 amide bonds. The molecule has 1 N–H and O–H groups in total. The van der Waals surface area contributed by atoms with Gasteiger partial charge in [-0.25, -0.2) is 4.98 Å². The molecule has 2 aromatic heterocycles. The number of aromatic nitrogens is 1. The van der Waals surface area contributed by atoms with Crippen molar-refractivity contribution in [2.24, 2.45) is 0 Å². The van der Waals surface area contributed by atoms with Gasteiger partial charge in [-0.15, -0.1) is 11.3 Å². The summed E-state index contributed by atoms with van der Waals surface area (Å²) in [4.78, 5) is 30.5. The van der Waals surface area contributed by atoms with Crippen LogP contribution in [0.3, 0.4) is 0 Å². The lowest BCUT2D eigenvalue weighted by molar-refractivity contribution is 0.0652. The second-order valence-corrected chi connectivity index (χ2v) is 10.6. The maximum atomic E-state index is 13.0. The third-order valence-electron chi connectivity index (χ3n) is 7.11. The Morgan fingerprint density at radius 1 is 0.974 bits per heavy atom. The number of hydrogen-bond acceptors (Lipinski definition) is 7. The highest BCUT2D eigenvalue weighted by molar-refractivity contribution is 7.18. The molecule has 0 bridgehead atoms. The van der Waals surface area contributed by atoms with Crippen molar-refractivity contribution in [1.29, 1.82) is 0 Å². The van der Waals surface area contributed by atoms with Gasteiger partial charge in [0.05, 0.1) is 25.0 Å². The van der Waals surface area contributed by atoms with Crippen molar-refractivity contribution in [2.45, 2.75) is 57.7 Å². The van der Waals surface area contributed by atoms with Crippen LogP contribution in [0.15, 0.2) is 60.0 Å². The third kappa shape index (κ3) is 5.64. The summed E-state index contributed by atoms with van der Waals surface area (Å²) in [5, 5.41) is 12.9. The number of hydrogen-bond donors (Lipinski definition) is 1. The molecule has 0 atom stereocenters. The maximum Gasteiger partial charge on any atom is 0.181 e. The Labute approximate surface area is 226 Å². The minimum Gasteiger partial charge on any atom is -0.493 e. The quantitative estimate of drug-likeness (QED) is 0.240. The lowest BCUT2D eigenvalue weighted by Crippen LogP contribution is -2.26. The fourth-order valence-corrected chi connectivity index (χ4v) is 5.96. The fraction of sp³-hybridized carbons (Fsp3) is 0.323. The zero-order valence-corrected chi connectivity index (χ0v) is 22.4. The minimum absolute atomic E-state index is 0.0193. The van der Waals surface area contributed by atoms with E-state index in [4.69, 9.17) is 9.47 Å². The van der Waals surface area contributed by atoms with E-state index >= 15 is 0 Å². The van der Waals surface area contributed by atoms with Gasteiger partial charge in [-0.1, -0.05) is 24.3 Å². The van der Waals surface area contributed by atoms with Gasteiger partial charge in [0.1, 0.15) is 5.69 Å². The van der Waals surface area contributed by atoms with Crippen LogP contribution >= 0.6 is 11.3 Å². The van der Waals surface area contributed by atoms with Crippen LogP contribution in [-0.4, -0.2) is 41.0 Å². The molecule has 1 aliphatic rings. The number of nitrogens with zero attached hydrogens (tertiary/aromatic N) is 1. The minimum atomic E-state index is -0.253. The van der Waals surface area contributed by atoms with Gasteiger partial charge in [-0.2, -0.15) is 0 Å². The first kappa shape index (κ1) is 26.1. The van der Waals surface area contributed by atoms with Crippen molar-refractivity contribution in [1.82, 2.24) is 4.98 Å². The van der Waals surface area contributed by atoms with Crippen molar-refractivity contribution < 1.29 is 24.2 Å². The van der Waals surface area contributed by atoms with Crippen molar-refractivity contribution in [3.63, 3.8) is 0 Å². The molecule has 2 aromatic carbocycles. The molecular weight excluding hydrogens is 498 g/mol. The number of aryl methyl sites for hydroxylation is 1. The SMILES string of the molecule is COc1cc(C(=O)CCC(=O)c2cccc(-c3csc4c(C)cccc34)n2)ccc1OC1CCC(O)CC1. The molecule has 7 heteroatoms. The molecule has 0 aliphatic heterocycles. The summed E-state index contributed by atoms with van der Waals surface area (Å²) in [5.41, 5.74) is 3.82. The van der Waals surface area contributed by atoms with E-state index in [0.717, 1.165) is 42.3 Å². The standard InChI is InChI=1S/C31H31NO5S/c1-19-5-3-6-23-24(18-38-31(19)23)25-7-4-8-26(32-25)28(35)15-14-27(34)20-9-16-29(30(17-20)36-2)37-22-12-10-21(33)11-13-22/h3-9,16-18,21-22,33H,10-15H2,1-2H3. The number of rotatable bonds is 9. The molecule has 0 spiro atoms. The van der Waals surface area contributed by atoms with Gasteiger partial charge in [0, 0.05) is 39.4 Å². The highest BCUT2D eigenvalue weighted by atomic mass is 32.1. The van der Waals surface area contributed by atoms with Crippen LogP contribution in [-0.2, 0) is 0 Å². The number of pyridine rings is 1. The largest absolute Gasteiger partial charge is 0.493 e. The van der Waals surface area contributed by atoms with Crippen molar-refractivity contribution in [2.75, 3.05) is 7.11 Å². The molecule has 6 nitrogen and oxygen atoms in total. The lowest BCUT2D eigenvalue weighted by atomic mass is 9.95. The summed E-state index contributed by atoms with van der Waals surface area (Å²) in [5.74, 6) is 0.765. The van der Waals surface area contributed by atoms with E-state index in [0.29, 0.717) is 22.8 Å². The molecule has 5 rings (SSSR count). The third-order valence-corrected chi connectivity index (χ3v) is 8.24. The molecule has 0 unspecified atom stereocenters. The number of carbonyl (C=O) groups is 2. The van der Waals surface area contributed by atoms with Gasteiger partial charge in [-0.05, 0) is 68.5 Å². The number of thiophene rings is 1. The molecule has 1 saturated carbocycles. The number of methoxy groups -OCH3 is 1. The van der Waals surface area contributed by atoms with E-state index in [1.165, 1.54) is 10.3 Å². The van der Waals surface area contributed by atoms with Crippen LogP contribution < -0.4 is 9.47 Å². The predicted octanol–water partition coefficient (Wildman–Crippen LogP) is 6.81. The predicted molar refractivity (Wildman–Crippen MR) is 150 cm³/mol. The van der Waals surface area contributed by atoms with Crippen LogP contribution in [0.1, 0.15) is 64.9 Å². The summed E-state index contributed by atoms with van der Waals surface area (Å²) in [7, 11) is 1.54. The van der Waals surface area contributed by atoms with Crippen LogP contribution in [0, 0.1) is 6.92 Å². The van der Waals surface area contributed by atoms with Crippen LogP contribution in [0.2, 0.25) is 0 Å². The van der Waals surface area contributed by atoms with E-state index in [-0.39, 0.29) is 36.6 Å². The smallest absolute Gasteiger partial charge is 0.181 e. The molecular formula is C31H31NO5S. The van der Waals surface area contributed by atoms with E-state index in [1.807, 2.05) is 18.2 Å². The number of benzene rings is 2. The van der Waals surface area contributed by atoms with Crippen LogP contribution in [0.25, 0.3) is 21.3 Å². The topological polar surface area (TPSA) is 85.7 Å². The Morgan fingerprint density at radius 2 is 1.74 bits per heavy atom. The monoisotopic (exact) mass is 529 g/mol. The number of aliphatic hydroxyl groups excluding tert-OH is 1. The Bertz CT molecular complexity index is 1470. The number of ether oxygens (including phenoxy) is 2. The molecule has 38 heavy (non-hydrogen) atoms. The summed E-state index contributed by atoms with van der Waals surface area (Å²) in [6.07, 6.45) is 2.93. The highest BCUT2D eigenvalue weighted by Crippen LogP contribution is 2.35. The molecule has 196 valence electrons. The van der Waals surface area contributed by atoms with Crippen LogP contribution in [0.4, 0.5) is 0 Å². The number of ketones is 2. The van der Waals surface area contributed by atoms with Gasteiger partial charge in [0.25, 0.3) is 0 Å². The first-order valence-corrected chi connectivity index (χ1v) is 13.8. The average Bonchev–Trinajstić information content (AvgIpc) is 3.38. The summed E-state index contributed by atoms with van der Waals surface area (Å²) in [6, 6.07) is 16.8. The van der Waals surface area contributed by atoms with Crippen molar-refractivity contribution in [3.8, 4) is 22.8 Å². The fourth-order valence-electron chi connectivity index (χ4n) is 4.92. The summed E-state index contributed by atoms with van der Waals surface area (Å²) in [6.45, 7) is 2.09. The molecule has 1 fully saturated rings. The van der Waals surface area contributed by atoms with E-state index in [9.17, 15) is 14.7 Å². The van der Waals surface area contributed by atoms with Gasteiger partial charge >= 0.3 is 0 Å².